The molecule has 0 unspecified atom stereocenters. The average molecular weight is 195 g/mol. The van der Waals surface area contributed by atoms with Crippen LogP contribution in [-0.2, 0) is 0 Å². The zero-order valence-electron chi connectivity index (χ0n) is 8.47. The van der Waals surface area contributed by atoms with Gasteiger partial charge < -0.3 is 5.32 Å². The van der Waals surface area contributed by atoms with E-state index in [-0.39, 0.29) is 5.82 Å². The van der Waals surface area contributed by atoms with E-state index >= 15 is 0 Å². The lowest BCUT2D eigenvalue weighted by Gasteiger charge is -2.11. The standard InChI is InChI=1S/C10H14FN3/c1-7-8(11)9(14-6-13-7)12-5-10(2)3-4-10/h6H,3-5H2,1-2H3,(H,12,13,14). The number of nitrogens with zero attached hydrogens (tertiary/aromatic N) is 2. The Hall–Kier alpha value is -1.19. The fourth-order valence-electron chi connectivity index (χ4n) is 1.27. The molecule has 0 aromatic carbocycles. The first-order valence-corrected chi connectivity index (χ1v) is 4.82. The molecular weight excluding hydrogens is 181 g/mol. The highest BCUT2D eigenvalue weighted by atomic mass is 19.1. The molecule has 1 aliphatic carbocycles. The highest BCUT2D eigenvalue weighted by Crippen LogP contribution is 2.44. The normalized spacial score (nSPS) is 17.9. The molecule has 0 atom stereocenters. The summed E-state index contributed by atoms with van der Waals surface area (Å²) < 4.78 is 13.4. The zero-order valence-corrected chi connectivity index (χ0v) is 8.47. The van der Waals surface area contributed by atoms with Crippen LogP contribution in [0.5, 0.6) is 0 Å². The van der Waals surface area contributed by atoms with Crippen LogP contribution in [0.15, 0.2) is 6.33 Å². The van der Waals surface area contributed by atoms with Crippen LogP contribution in [0.1, 0.15) is 25.5 Å². The molecule has 1 heterocycles. The third-order valence-electron chi connectivity index (χ3n) is 2.75. The Morgan fingerprint density at radius 1 is 1.50 bits per heavy atom. The molecule has 1 saturated carbocycles. The number of hydrogen-bond acceptors (Lipinski definition) is 3. The highest BCUT2D eigenvalue weighted by Gasteiger charge is 2.37. The van der Waals surface area contributed by atoms with E-state index in [0.29, 0.717) is 16.9 Å². The molecule has 1 aromatic heterocycles. The molecule has 1 fully saturated rings. The largest absolute Gasteiger partial charge is 0.367 e. The quantitative estimate of drug-likeness (QED) is 0.802. The number of nitrogens with one attached hydrogen (secondary N) is 1. The van der Waals surface area contributed by atoms with E-state index in [1.54, 1.807) is 6.92 Å². The molecule has 2 rings (SSSR count). The van der Waals surface area contributed by atoms with Crippen molar-refractivity contribution < 1.29 is 4.39 Å². The van der Waals surface area contributed by atoms with Crippen molar-refractivity contribution in [3.05, 3.63) is 17.8 Å². The summed E-state index contributed by atoms with van der Waals surface area (Å²) in [4.78, 5) is 7.65. The molecule has 1 N–H and O–H groups in total. The molecule has 3 nitrogen and oxygen atoms in total. The molecule has 0 amide bonds. The molecule has 0 radical (unpaired) electrons. The summed E-state index contributed by atoms with van der Waals surface area (Å²) in [6.45, 7) is 4.62. The summed E-state index contributed by atoms with van der Waals surface area (Å²) >= 11 is 0. The molecule has 14 heavy (non-hydrogen) atoms. The van der Waals surface area contributed by atoms with Crippen molar-refractivity contribution in [2.24, 2.45) is 5.41 Å². The van der Waals surface area contributed by atoms with E-state index in [2.05, 4.69) is 22.2 Å². The topological polar surface area (TPSA) is 37.8 Å². The Labute approximate surface area is 82.8 Å². The minimum Gasteiger partial charge on any atom is -0.367 e. The Morgan fingerprint density at radius 3 is 2.86 bits per heavy atom. The Bertz CT molecular complexity index is 347. The maximum atomic E-state index is 13.4. The molecule has 76 valence electrons. The summed E-state index contributed by atoms with van der Waals surface area (Å²) in [5, 5.41) is 3.03. The van der Waals surface area contributed by atoms with Gasteiger partial charge >= 0.3 is 0 Å². The van der Waals surface area contributed by atoms with Crippen LogP contribution < -0.4 is 5.32 Å². The van der Waals surface area contributed by atoms with Gasteiger partial charge in [0.15, 0.2) is 11.6 Å². The monoisotopic (exact) mass is 195 g/mol. The maximum absolute atomic E-state index is 13.4. The molecule has 0 bridgehead atoms. The Kier molecular flexibility index (Phi) is 2.13. The maximum Gasteiger partial charge on any atom is 0.186 e. The minimum absolute atomic E-state index is 0.325. The van der Waals surface area contributed by atoms with E-state index in [4.69, 9.17) is 0 Å². The molecule has 4 heteroatoms. The number of rotatable bonds is 3. The van der Waals surface area contributed by atoms with Gasteiger partial charge in [-0.1, -0.05) is 6.92 Å². The summed E-state index contributed by atoms with van der Waals surface area (Å²) in [6, 6.07) is 0. The van der Waals surface area contributed by atoms with Gasteiger partial charge in [-0.05, 0) is 25.2 Å². The van der Waals surface area contributed by atoms with Gasteiger partial charge in [0.1, 0.15) is 6.33 Å². The molecule has 0 saturated heterocycles. The number of anilines is 1. The van der Waals surface area contributed by atoms with Gasteiger partial charge in [0.25, 0.3) is 0 Å². The van der Waals surface area contributed by atoms with Crippen molar-refractivity contribution >= 4 is 5.82 Å². The summed E-state index contributed by atoms with van der Waals surface area (Å²) in [7, 11) is 0. The van der Waals surface area contributed by atoms with E-state index in [1.807, 2.05) is 0 Å². The van der Waals surface area contributed by atoms with Crippen molar-refractivity contribution in [1.29, 1.82) is 0 Å². The highest BCUT2D eigenvalue weighted by molar-refractivity contribution is 5.37. The summed E-state index contributed by atoms with van der Waals surface area (Å²) in [5.74, 6) is -0.0117. The average Bonchev–Trinajstić information content (AvgIpc) is 2.88. The third-order valence-corrected chi connectivity index (χ3v) is 2.75. The van der Waals surface area contributed by atoms with Gasteiger partial charge in [-0.3, -0.25) is 0 Å². The van der Waals surface area contributed by atoms with Crippen molar-refractivity contribution in [2.75, 3.05) is 11.9 Å². The first-order chi connectivity index (χ1) is 6.61. The second-order valence-corrected chi connectivity index (χ2v) is 4.29. The Balaban J connectivity index is 2.05. The van der Waals surface area contributed by atoms with Crippen LogP contribution in [0.25, 0.3) is 0 Å². The van der Waals surface area contributed by atoms with Crippen LogP contribution >= 0.6 is 0 Å². The van der Waals surface area contributed by atoms with Gasteiger partial charge in [-0.2, -0.15) is 0 Å². The van der Waals surface area contributed by atoms with Crippen molar-refractivity contribution in [3.8, 4) is 0 Å². The second-order valence-electron chi connectivity index (χ2n) is 4.29. The fourth-order valence-corrected chi connectivity index (χ4v) is 1.27. The van der Waals surface area contributed by atoms with Crippen LogP contribution in [0.4, 0.5) is 10.2 Å². The number of aromatic nitrogens is 2. The molecule has 0 aliphatic heterocycles. The fraction of sp³-hybridized carbons (Fsp3) is 0.600. The van der Waals surface area contributed by atoms with Crippen LogP contribution in [0.2, 0.25) is 0 Å². The van der Waals surface area contributed by atoms with Crippen molar-refractivity contribution in [2.45, 2.75) is 26.7 Å². The second kappa shape index (κ2) is 3.19. The summed E-state index contributed by atoms with van der Waals surface area (Å²) in [5.41, 5.74) is 0.745. The van der Waals surface area contributed by atoms with Crippen molar-refractivity contribution in [3.63, 3.8) is 0 Å². The van der Waals surface area contributed by atoms with E-state index in [9.17, 15) is 4.39 Å². The van der Waals surface area contributed by atoms with Gasteiger partial charge in [-0.15, -0.1) is 0 Å². The van der Waals surface area contributed by atoms with Crippen LogP contribution in [-0.4, -0.2) is 16.5 Å². The predicted octanol–water partition coefficient (Wildman–Crippen LogP) is 2.14. The van der Waals surface area contributed by atoms with Crippen LogP contribution in [0, 0.1) is 18.2 Å². The SMILES string of the molecule is Cc1ncnc(NCC2(C)CC2)c1F. The molecule has 1 aromatic rings. The molecular formula is C10H14FN3. The van der Waals surface area contributed by atoms with Gasteiger partial charge in [0.05, 0.1) is 5.69 Å². The number of hydrogen-bond donors (Lipinski definition) is 1. The lowest BCUT2D eigenvalue weighted by Crippen LogP contribution is -2.14. The van der Waals surface area contributed by atoms with Gasteiger partial charge in [-0.25, -0.2) is 14.4 Å². The smallest absolute Gasteiger partial charge is 0.186 e. The van der Waals surface area contributed by atoms with E-state index in [1.165, 1.54) is 19.2 Å². The lowest BCUT2D eigenvalue weighted by atomic mass is 10.1. The third kappa shape index (κ3) is 1.84. The molecule has 0 spiro atoms. The molecule has 1 aliphatic rings. The number of aryl methyl sites for hydroxylation is 1. The predicted molar refractivity (Wildman–Crippen MR) is 52.6 cm³/mol. The Morgan fingerprint density at radius 2 is 2.21 bits per heavy atom. The van der Waals surface area contributed by atoms with Crippen molar-refractivity contribution in [1.82, 2.24) is 9.97 Å². The first-order valence-electron chi connectivity index (χ1n) is 4.82. The zero-order chi connectivity index (χ0) is 10.2. The van der Waals surface area contributed by atoms with Gasteiger partial charge in [0.2, 0.25) is 0 Å². The minimum atomic E-state index is -0.336. The first kappa shape index (κ1) is 9.37. The summed E-state index contributed by atoms with van der Waals surface area (Å²) in [6.07, 6.45) is 3.81. The van der Waals surface area contributed by atoms with Gasteiger partial charge in [0, 0.05) is 6.54 Å². The van der Waals surface area contributed by atoms with E-state index < -0.39 is 0 Å². The number of halogens is 1. The van der Waals surface area contributed by atoms with E-state index in [0.717, 1.165) is 6.54 Å². The van der Waals surface area contributed by atoms with Crippen LogP contribution in [0.3, 0.4) is 0 Å². The lowest BCUT2D eigenvalue weighted by molar-refractivity contribution is 0.584.